The predicted octanol–water partition coefficient (Wildman–Crippen LogP) is 5.80. The van der Waals surface area contributed by atoms with Gasteiger partial charge in [0.25, 0.3) is 0 Å². The zero-order chi connectivity index (χ0) is 14.3. The lowest BCUT2D eigenvalue weighted by Gasteiger charge is -2.37. The molecule has 1 aromatic heterocycles. The Labute approximate surface area is 122 Å². The Kier molecular flexibility index (Phi) is 3.40. The van der Waals surface area contributed by atoms with Crippen molar-refractivity contribution in [2.45, 2.75) is 59.3 Å². The normalized spacial score (nSPS) is 24.2. The second-order valence-corrected chi connectivity index (χ2v) is 7.66. The van der Waals surface area contributed by atoms with Gasteiger partial charge in [0.2, 0.25) is 0 Å². The Morgan fingerprint density at radius 3 is 2.40 bits per heavy atom. The Morgan fingerprint density at radius 2 is 1.75 bits per heavy atom. The van der Waals surface area contributed by atoms with Crippen LogP contribution in [0.15, 0.2) is 24.4 Å². The number of fused-ring (bicyclic) bond motifs is 1. The molecule has 0 saturated heterocycles. The van der Waals surface area contributed by atoms with Crippen LogP contribution in [0.1, 0.15) is 63.5 Å². The number of aromatic amines is 1. The third-order valence-electron chi connectivity index (χ3n) is 5.35. The summed E-state index contributed by atoms with van der Waals surface area (Å²) in [5.74, 6) is 1.65. The van der Waals surface area contributed by atoms with E-state index in [9.17, 15) is 0 Å². The SMILES string of the molecule is Cc1cccc2c(C3CCC(C(C)(C)C)CC3)c[nH]c12. The summed E-state index contributed by atoms with van der Waals surface area (Å²) in [7, 11) is 0. The fraction of sp³-hybridized carbons (Fsp3) is 0.579. The minimum absolute atomic E-state index is 0.474. The van der Waals surface area contributed by atoms with Gasteiger partial charge >= 0.3 is 0 Å². The van der Waals surface area contributed by atoms with Crippen molar-refractivity contribution >= 4 is 10.9 Å². The largest absolute Gasteiger partial charge is 0.361 e. The molecule has 0 aliphatic heterocycles. The highest BCUT2D eigenvalue weighted by Crippen LogP contribution is 2.44. The first-order valence-electron chi connectivity index (χ1n) is 8.03. The molecule has 0 spiro atoms. The van der Waals surface area contributed by atoms with Gasteiger partial charge in [-0.15, -0.1) is 0 Å². The monoisotopic (exact) mass is 269 g/mol. The van der Waals surface area contributed by atoms with E-state index in [1.165, 1.54) is 42.1 Å². The average molecular weight is 269 g/mol. The highest BCUT2D eigenvalue weighted by atomic mass is 14.7. The fourth-order valence-corrected chi connectivity index (χ4v) is 3.94. The molecule has 1 aromatic carbocycles. The molecule has 20 heavy (non-hydrogen) atoms. The smallest absolute Gasteiger partial charge is 0.0486 e. The quantitative estimate of drug-likeness (QED) is 0.673. The molecule has 2 aromatic rings. The molecule has 1 aliphatic carbocycles. The number of nitrogens with one attached hydrogen (secondary N) is 1. The van der Waals surface area contributed by atoms with Crippen LogP contribution in [0, 0.1) is 18.3 Å². The fourth-order valence-electron chi connectivity index (χ4n) is 3.94. The Morgan fingerprint density at radius 1 is 1.05 bits per heavy atom. The molecule has 1 heterocycles. The average Bonchev–Trinajstić information content (AvgIpc) is 2.83. The zero-order valence-corrected chi connectivity index (χ0v) is 13.3. The predicted molar refractivity (Wildman–Crippen MR) is 87.2 cm³/mol. The van der Waals surface area contributed by atoms with E-state index in [2.05, 4.69) is 57.1 Å². The maximum absolute atomic E-state index is 3.50. The number of H-pyrrole nitrogens is 1. The Hall–Kier alpha value is -1.24. The Balaban J connectivity index is 1.82. The molecular formula is C19H27N. The van der Waals surface area contributed by atoms with E-state index in [0.29, 0.717) is 5.41 Å². The van der Waals surface area contributed by atoms with Gasteiger partial charge < -0.3 is 4.98 Å². The third kappa shape index (κ3) is 2.39. The number of rotatable bonds is 1. The molecule has 0 bridgehead atoms. The van der Waals surface area contributed by atoms with Crippen molar-refractivity contribution in [3.05, 3.63) is 35.5 Å². The van der Waals surface area contributed by atoms with Crippen molar-refractivity contribution in [1.29, 1.82) is 0 Å². The molecule has 1 heteroatoms. The number of para-hydroxylation sites is 1. The highest BCUT2D eigenvalue weighted by Gasteiger charge is 2.30. The number of aryl methyl sites for hydroxylation is 1. The molecule has 1 N–H and O–H groups in total. The van der Waals surface area contributed by atoms with Crippen molar-refractivity contribution in [3.8, 4) is 0 Å². The summed E-state index contributed by atoms with van der Waals surface area (Å²) in [6, 6.07) is 6.67. The molecule has 1 fully saturated rings. The van der Waals surface area contributed by atoms with Gasteiger partial charge in [-0.1, -0.05) is 39.0 Å². The van der Waals surface area contributed by atoms with E-state index in [0.717, 1.165) is 11.8 Å². The van der Waals surface area contributed by atoms with Crippen LogP contribution >= 0.6 is 0 Å². The van der Waals surface area contributed by atoms with E-state index in [1.807, 2.05) is 0 Å². The van der Waals surface area contributed by atoms with E-state index in [-0.39, 0.29) is 0 Å². The van der Waals surface area contributed by atoms with E-state index in [4.69, 9.17) is 0 Å². The first-order valence-corrected chi connectivity index (χ1v) is 8.03. The van der Waals surface area contributed by atoms with Gasteiger partial charge in [-0.25, -0.2) is 0 Å². The van der Waals surface area contributed by atoms with Crippen molar-refractivity contribution in [1.82, 2.24) is 4.98 Å². The maximum atomic E-state index is 3.50. The number of hydrogen-bond acceptors (Lipinski definition) is 0. The molecule has 0 amide bonds. The van der Waals surface area contributed by atoms with Crippen LogP contribution in [0.5, 0.6) is 0 Å². The summed E-state index contributed by atoms with van der Waals surface area (Å²) in [5, 5.41) is 1.45. The van der Waals surface area contributed by atoms with Crippen LogP contribution in [-0.2, 0) is 0 Å². The van der Waals surface area contributed by atoms with Gasteiger partial charge in [0.05, 0.1) is 0 Å². The summed E-state index contributed by atoms with van der Waals surface area (Å²) in [4.78, 5) is 3.50. The molecule has 1 nitrogen and oxygen atoms in total. The summed E-state index contributed by atoms with van der Waals surface area (Å²) in [5.41, 5.74) is 4.72. The molecule has 3 rings (SSSR count). The summed E-state index contributed by atoms with van der Waals surface area (Å²) in [6.45, 7) is 9.38. The van der Waals surface area contributed by atoms with Gasteiger partial charge in [-0.05, 0) is 61.0 Å². The highest BCUT2D eigenvalue weighted by molar-refractivity contribution is 5.86. The maximum Gasteiger partial charge on any atom is 0.0486 e. The third-order valence-corrected chi connectivity index (χ3v) is 5.35. The van der Waals surface area contributed by atoms with E-state index in [1.54, 1.807) is 5.56 Å². The van der Waals surface area contributed by atoms with E-state index < -0.39 is 0 Å². The standard InChI is InChI=1S/C19H27N/c1-13-6-5-7-16-17(12-20-18(13)16)14-8-10-15(11-9-14)19(2,3)4/h5-7,12,14-15,20H,8-11H2,1-4H3. The van der Waals surface area contributed by atoms with Gasteiger partial charge in [-0.3, -0.25) is 0 Å². The van der Waals surface area contributed by atoms with Crippen molar-refractivity contribution in [2.75, 3.05) is 0 Å². The van der Waals surface area contributed by atoms with Gasteiger partial charge in [-0.2, -0.15) is 0 Å². The van der Waals surface area contributed by atoms with Crippen LogP contribution < -0.4 is 0 Å². The lowest BCUT2D eigenvalue weighted by Crippen LogP contribution is -2.25. The molecular weight excluding hydrogens is 242 g/mol. The van der Waals surface area contributed by atoms with E-state index >= 15 is 0 Å². The summed E-state index contributed by atoms with van der Waals surface area (Å²) < 4.78 is 0. The van der Waals surface area contributed by atoms with Gasteiger partial charge in [0.15, 0.2) is 0 Å². The van der Waals surface area contributed by atoms with Crippen LogP contribution in [0.25, 0.3) is 10.9 Å². The van der Waals surface area contributed by atoms with Crippen LogP contribution in [0.2, 0.25) is 0 Å². The van der Waals surface area contributed by atoms with Crippen molar-refractivity contribution < 1.29 is 0 Å². The van der Waals surface area contributed by atoms with Crippen LogP contribution in [-0.4, -0.2) is 4.98 Å². The first-order chi connectivity index (χ1) is 9.47. The molecule has 0 unspecified atom stereocenters. The van der Waals surface area contributed by atoms with Crippen molar-refractivity contribution in [3.63, 3.8) is 0 Å². The molecule has 0 atom stereocenters. The van der Waals surface area contributed by atoms with Gasteiger partial charge in [0.1, 0.15) is 0 Å². The van der Waals surface area contributed by atoms with Crippen LogP contribution in [0.4, 0.5) is 0 Å². The first kappa shape index (κ1) is 13.7. The number of aromatic nitrogens is 1. The minimum Gasteiger partial charge on any atom is -0.361 e. The van der Waals surface area contributed by atoms with Crippen LogP contribution in [0.3, 0.4) is 0 Å². The topological polar surface area (TPSA) is 15.8 Å². The second kappa shape index (κ2) is 4.95. The number of benzene rings is 1. The molecule has 0 radical (unpaired) electrons. The second-order valence-electron chi connectivity index (χ2n) is 7.66. The molecule has 1 aliphatic rings. The lowest BCUT2D eigenvalue weighted by atomic mass is 9.68. The van der Waals surface area contributed by atoms with Crippen molar-refractivity contribution in [2.24, 2.45) is 11.3 Å². The summed E-state index contributed by atoms with van der Waals surface area (Å²) in [6.07, 6.45) is 7.73. The minimum atomic E-state index is 0.474. The number of hydrogen-bond donors (Lipinski definition) is 1. The van der Waals surface area contributed by atoms with Gasteiger partial charge in [0, 0.05) is 17.1 Å². The Bertz CT molecular complexity index is 592. The lowest BCUT2D eigenvalue weighted by molar-refractivity contribution is 0.169. The molecule has 1 saturated carbocycles. The zero-order valence-electron chi connectivity index (χ0n) is 13.3. The molecule has 108 valence electrons. The summed E-state index contributed by atoms with van der Waals surface area (Å²) >= 11 is 0.